The van der Waals surface area contributed by atoms with Crippen LogP contribution in [0.25, 0.3) is 0 Å². The molecular weight excluding hydrogens is 514 g/mol. The predicted molar refractivity (Wildman–Crippen MR) is 111 cm³/mol. The highest BCUT2D eigenvalue weighted by Crippen LogP contribution is 2.29. The fourth-order valence-corrected chi connectivity index (χ4v) is 2.84. The second-order valence-corrected chi connectivity index (χ2v) is 7.24. The van der Waals surface area contributed by atoms with E-state index in [0.29, 0.717) is 6.08 Å². The van der Waals surface area contributed by atoms with E-state index in [-0.39, 0.29) is 0 Å². The predicted octanol–water partition coefficient (Wildman–Crippen LogP) is -2.09. The number of esters is 4. The summed E-state index contributed by atoms with van der Waals surface area (Å²) in [6.07, 6.45) is -10.4. The first-order valence-electron chi connectivity index (χ1n) is 10.5. The molecule has 1 aliphatic rings. The van der Waals surface area contributed by atoms with Gasteiger partial charge in [-0.3, -0.25) is 30.1 Å². The number of aliphatic hydroxyl groups excluding tert-OH is 1. The first-order chi connectivity index (χ1) is 17.3. The highest BCUT2D eigenvalue weighted by atomic mass is 16.8. The van der Waals surface area contributed by atoms with E-state index in [1.165, 1.54) is 0 Å². The molecule has 0 saturated carbocycles. The lowest BCUT2D eigenvalue weighted by Gasteiger charge is -2.42. The molecule has 0 aromatic heterocycles. The second-order valence-electron chi connectivity index (χ2n) is 7.24. The molecule has 19 nitrogen and oxygen atoms in total. The lowest BCUT2D eigenvalue weighted by Crippen LogP contribution is -2.62. The Morgan fingerprint density at radius 1 is 0.784 bits per heavy atom. The minimum Gasteiger partial charge on any atom is -0.762 e. The monoisotopic (exact) mass is 540 g/mol. The van der Waals surface area contributed by atoms with E-state index in [9.17, 15) is 39.9 Å². The van der Waals surface area contributed by atoms with Gasteiger partial charge in [0, 0.05) is 25.7 Å². The number of carbonyl (C=O) groups excluding carboxylic acids is 4. The molecule has 0 aliphatic carbocycles. The van der Waals surface area contributed by atoms with Crippen LogP contribution >= 0.6 is 0 Å². The number of ether oxygens (including phenoxy) is 5. The van der Waals surface area contributed by atoms with E-state index in [1.54, 1.807) is 0 Å². The number of hydroxylamine groups is 6. The summed E-state index contributed by atoms with van der Waals surface area (Å²) in [6.45, 7) is 0.248. The topological polar surface area (TPSA) is 274 Å². The number of hydrogen-bond acceptors (Lipinski definition) is 19. The Hall–Kier alpha value is -2.82. The zero-order valence-corrected chi connectivity index (χ0v) is 19.2. The van der Waals surface area contributed by atoms with Gasteiger partial charge in [0.25, 0.3) is 0 Å². The van der Waals surface area contributed by atoms with Crippen molar-refractivity contribution in [2.45, 2.75) is 50.0 Å². The number of rotatable bonds is 15. The zero-order chi connectivity index (χ0) is 28.1. The van der Waals surface area contributed by atoms with Gasteiger partial charge in [0.1, 0.15) is 12.7 Å². The van der Waals surface area contributed by atoms with E-state index in [0.717, 1.165) is 0 Å². The average Bonchev–Trinajstić information content (AvgIpc) is 2.82. The van der Waals surface area contributed by atoms with Crippen LogP contribution in [-0.4, -0.2) is 117 Å². The summed E-state index contributed by atoms with van der Waals surface area (Å²) in [7, 11) is 0. The molecule has 0 aromatic rings. The summed E-state index contributed by atoms with van der Waals surface area (Å²) in [4.78, 5) is 48.1. The van der Waals surface area contributed by atoms with Crippen molar-refractivity contribution in [1.82, 2.24) is 15.7 Å². The van der Waals surface area contributed by atoms with Gasteiger partial charge in [0.05, 0.1) is 19.3 Å². The molecule has 0 aromatic carbocycles. The van der Waals surface area contributed by atoms with Crippen LogP contribution in [-0.2, 0) is 42.9 Å². The first-order valence-corrected chi connectivity index (χ1v) is 10.5. The standard InChI is InChI=1S/C18H26N3O16/c1-2-11(22)35-17-16(37-14(25)5-8-21(31)32)15(36-13(24)4-7-20(29)30)10(34-18(17)26)9-33-12(23)3-6-19(27)28/h2,10,15-18,26-27,29,31H,1,3-9H2/q-3. The van der Waals surface area contributed by atoms with Gasteiger partial charge in [-0.15, -0.1) is 0 Å². The van der Waals surface area contributed by atoms with Crippen LogP contribution in [0.2, 0.25) is 0 Å². The Morgan fingerprint density at radius 2 is 1.24 bits per heavy atom. The SMILES string of the molecule is C=CC(=O)OC1C(O)OC(COC(=O)CCN([O-])O)C(OC(=O)CCN([O-])O)C1OC(=O)CCN([O-])O. The maximum Gasteiger partial charge on any atom is 0.330 e. The van der Waals surface area contributed by atoms with Gasteiger partial charge in [0.2, 0.25) is 0 Å². The van der Waals surface area contributed by atoms with Crippen LogP contribution in [0.1, 0.15) is 19.3 Å². The van der Waals surface area contributed by atoms with Crippen LogP contribution in [0.5, 0.6) is 0 Å². The third kappa shape index (κ3) is 12.3. The summed E-state index contributed by atoms with van der Waals surface area (Å²) >= 11 is 0. The number of nitrogens with zero attached hydrogens (tertiary/aromatic N) is 3. The smallest absolute Gasteiger partial charge is 0.330 e. The van der Waals surface area contributed by atoms with Crippen molar-refractivity contribution >= 4 is 23.9 Å². The number of aliphatic hydroxyl groups is 1. The van der Waals surface area contributed by atoms with Gasteiger partial charge in [0.15, 0.2) is 24.6 Å². The maximum atomic E-state index is 12.3. The maximum absolute atomic E-state index is 12.3. The quantitative estimate of drug-likeness (QED) is 0.0749. The van der Waals surface area contributed by atoms with Gasteiger partial charge in [-0.2, -0.15) is 0 Å². The van der Waals surface area contributed by atoms with Crippen LogP contribution in [0.15, 0.2) is 12.7 Å². The molecule has 0 bridgehead atoms. The van der Waals surface area contributed by atoms with Gasteiger partial charge in [-0.1, -0.05) is 6.58 Å². The summed E-state index contributed by atoms with van der Waals surface area (Å²) in [6, 6.07) is 0. The molecule has 212 valence electrons. The Bertz CT molecular complexity index is 778. The molecule has 19 heteroatoms. The van der Waals surface area contributed by atoms with Crippen molar-refractivity contribution < 1.29 is 63.6 Å². The molecule has 5 unspecified atom stereocenters. The highest BCUT2D eigenvalue weighted by Gasteiger charge is 2.52. The molecular formula is C18H26N3O16-3. The highest BCUT2D eigenvalue weighted by molar-refractivity contribution is 5.81. The third-order valence-corrected chi connectivity index (χ3v) is 4.49. The Kier molecular flexibility index (Phi) is 14.0. The van der Waals surface area contributed by atoms with Crippen LogP contribution in [0.4, 0.5) is 0 Å². The van der Waals surface area contributed by atoms with Crippen LogP contribution in [0.3, 0.4) is 0 Å². The van der Waals surface area contributed by atoms with E-state index in [4.69, 9.17) is 39.3 Å². The lowest BCUT2D eigenvalue weighted by molar-refractivity contribution is -0.296. The fourth-order valence-electron chi connectivity index (χ4n) is 2.84. The molecule has 0 spiro atoms. The van der Waals surface area contributed by atoms with Gasteiger partial charge in [-0.05, 0) is 0 Å². The molecule has 37 heavy (non-hydrogen) atoms. The molecule has 1 fully saturated rings. The van der Waals surface area contributed by atoms with Crippen molar-refractivity contribution in [3.05, 3.63) is 28.3 Å². The average molecular weight is 540 g/mol. The van der Waals surface area contributed by atoms with Crippen molar-refractivity contribution in [1.29, 1.82) is 0 Å². The Balaban J connectivity index is 3.21. The fraction of sp³-hybridized carbons (Fsp3) is 0.667. The largest absolute Gasteiger partial charge is 0.762 e. The summed E-state index contributed by atoms with van der Waals surface area (Å²) in [5.41, 5.74) is 0. The molecule has 1 aliphatic heterocycles. The summed E-state index contributed by atoms with van der Waals surface area (Å²) in [5, 5.41) is 66.6. The van der Waals surface area contributed by atoms with Gasteiger partial charge in [-0.25, -0.2) is 4.79 Å². The molecule has 0 radical (unpaired) electrons. The Labute approximate surface area is 208 Å². The van der Waals surface area contributed by atoms with Crippen molar-refractivity contribution in [2.24, 2.45) is 0 Å². The van der Waals surface area contributed by atoms with E-state index in [2.05, 4.69) is 6.58 Å². The zero-order valence-electron chi connectivity index (χ0n) is 19.2. The molecule has 5 atom stereocenters. The van der Waals surface area contributed by atoms with Gasteiger partial charge < -0.3 is 60.0 Å². The Morgan fingerprint density at radius 3 is 1.70 bits per heavy atom. The number of hydrogen-bond donors (Lipinski definition) is 4. The summed E-state index contributed by atoms with van der Waals surface area (Å²) < 4.78 is 25.3. The van der Waals surface area contributed by atoms with Gasteiger partial charge >= 0.3 is 23.9 Å². The minimum absolute atomic E-state index is 0.531. The van der Waals surface area contributed by atoms with Crippen LogP contribution in [0, 0.1) is 15.6 Å². The molecule has 4 N–H and O–H groups in total. The van der Waals surface area contributed by atoms with E-state index in [1.807, 2.05) is 0 Å². The summed E-state index contributed by atoms with van der Waals surface area (Å²) in [5.74, 6) is -4.52. The lowest BCUT2D eigenvalue weighted by atomic mass is 9.98. The third-order valence-electron chi connectivity index (χ3n) is 4.49. The van der Waals surface area contributed by atoms with E-state index >= 15 is 0 Å². The van der Waals surface area contributed by atoms with Crippen molar-refractivity contribution in [3.63, 3.8) is 0 Å². The van der Waals surface area contributed by atoms with Crippen molar-refractivity contribution in [3.8, 4) is 0 Å². The first kappa shape index (κ1) is 32.2. The number of carbonyl (C=O) groups is 4. The minimum atomic E-state index is -2.06. The van der Waals surface area contributed by atoms with E-state index < -0.39 is 116 Å². The molecule has 1 rings (SSSR count). The molecule has 0 amide bonds. The normalized spacial score (nSPS) is 23.6. The molecule has 1 heterocycles. The molecule has 1 saturated heterocycles. The second kappa shape index (κ2) is 16.1. The van der Waals surface area contributed by atoms with Crippen molar-refractivity contribution in [2.75, 3.05) is 26.2 Å². The van der Waals surface area contributed by atoms with Crippen LogP contribution < -0.4 is 0 Å².